The molecule has 2 N–H and O–H groups in total. The van der Waals surface area contributed by atoms with Crippen LogP contribution in [-0.4, -0.2) is 20.9 Å². The number of aromatic hydroxyl groups is 1. The molecular formula is C18H14FN3O2S. The second-order valence-corrected chi connectivity index (χ2v) is 5.74. The van der Waals surface area contributed by atoms with Crippen molar-refractivity contribution in [3.8, 4) is 11.6 Å². The Kier molecular flexibility index (Phi) is 4.58. The van der Waals surface area contributed by atoms with E-state index in [2.05, 4.69) is 9.98 Å². The van der Waals surface area contributed by atoms with Gasteiger partial charge in [0.2, 0.25) is 5.88 Å². The minimum Gasteiger partial charge on any atom is -0.494 e. The van der Waals surface area contributed by atoms with Gasteiger partial charge >= 0.3 is 0 Å². The average molecular weight is 355 g/mol. The first-order valence-electron chi connectivity index (χ1n) is 7.41. The van der Waals surface area contributed by atoms with Crippen molar-refractivity contribution in [2.24, 2.45) is 4.99 Å². The van der Waals surface area contributed by atoms with Gasteiger partial charge in [-0.05, 0) is 55.0 Å². The fourth-order valence-electron chi connectivity index (χ4n) is 2.33. The van der Waals surface area contributed by atoms with Crippen LogP contribution in [0, 0.1) is 17.5 Å². The van der Waals surface area contributed by atoms with Gasteiger partial charge in [0.15, 0.2) is 4.77 Å². The first-order valence-corrected chi connectivity index (χ1v) is 7.82. The van der Waals surface area contributed by atoms with Crippen molar-refractivity contribution >= 4 is 24.1 Å². The maximum atomic E-state index is 13.1. The molecule has 0 unspecified atom stereocenters. The van der Waals surface area contributed by atoms with Gasteiger partial charge in [-0.3, -0.25) is 19.3 Å². The summed E-state index contributed by atoms with van der Waals surface area (Å²) in [6.45, 7) is 1.89. The van der Waals surface area contributed by atoms with Crippen molar-refractivity contribution < 1.29 is 9.50 Å². The van der Waals surface area contributed by atoms with Gasteiger partial charge in [0.05, 0.1) is 11.4 Å². The normalized spacial score (nSPS) is 11.1. The number of hydrogen-bond donors (Lipinski definition) is 2. The highest BCUT2D eigenvalue weighted by Gasteiger charge is 2.12. The van der Waals surface area contributed by atoms with Crippen LogP contribution in [0.5, 0.6) is 5.88 Å². The minimum atomic E-state index is -0.557. The number of aromatic amines is 1. The molecule has 3 rings (SSSR count). The zero-order valence-electron chi connectivity index (χ0n) is 13.2. The fraction of sp³-hybridized carbons (Fsp3) is 0.0556. The SMILES string of the molecule is Cc1ccccc1N=Cc1c(O)n(-c2ccc(F)cc2)c(=S)[nH]c1=O. The molecule has 3 aromatic rings. The zero-order chi connectivity index (χ0) is 18.0. The maximum Gasteiger partial charge on any atom is 0.264 e. The number of aromatic nitrogens is 2. The molecule has 0 amide bonds. The Hall–Kier alpha value is -3.06. The molecule has 1 aromatic heterocycles. The van der Waals surface area contributed by atoms with E-state index in [-0.39, 0.29) is 16.2 Å². The van der Waals surface area contributed by atoms with Gasteiger partial charge in [0.1, 0.15) is 11.4 Å². The van der Waals surface area contributed by atoms with Crippen molar-refractivity contribution in [2.45, 2.75) is 6.92 Å². The van der Waals surface area contributed by atoms with E-state index in [1.165, 1.54) is 35.0 Å². The molecule has 0 fully saturated rings. The average Bonchev–Trinajstić information content (AvgIpc) is 2.57. The summed E-state index contributed by atoms with van der Waals surface area (Å²) < 4.78 is 14.4. The van der Waals surface area contributed by atoms with E-state index in [1.807, 2.05) is 25.1 Å². The molecule has 2 aromatic carbocycles. The Labute approximate surface area is 147 Å². The van der Waals surface area contributed by atoms with Gasteiger partial charge in [-0.1, -0.05) is 18.2 Å². The van der Waals surface area contributed by atoms with Crippen molar-refractivity contribution in [3.05, 3.63) is 80.6 Å². The van der Waals surface area contributed by atoms with Gasteiger partial charge in [-0.15, -0.1) is 0 Å². The standard InChI is InChI=1S/C18H14FN3O2S/c1-11-4-2-3-5-15(11)20-10-14-16(23)21-18(25)22(17(14)24)13-8-6-12(19)7-9-13/h2-10,24H,1H3,(H,21,23,25). The number of para-hydroxylation sites is 1. The summed E-state index contributed by atoms with van der Waals surface area (Å²) in [5.41, 5.74) is 1.43. The second kappa shape index (κ2) is 6.82. The second-order valence-electron chi connectivity index (χ2n) is 5.35. The van der Waals surface area contributed by atoms with E-state index in [1.54, 1.807) is 6.07 Å². The Morgan fingerprint density at radius 1 is 1.20 bits per heavy atom. The largest absolute Gasteiger partial charge is 0.494 e. The summed E-state index contributed by atoms with van der Waals surface area (Å²) in [7, 11) is 0. The van der Waals surface area contributed by atoms with E-state index in [4.69, 9.17) is 12.2 Å². The van der Waals surface area contributed by atoms with Crippen molar-refractivity contribution in [1.82, 2.24) is 9.55 Å². The van der Waals surface area contributed by atoms with Crippen LogP contribution >= 0.6 is 12.2 Å². The lowest BCUT2D eigenvalue weighted by molar-refractivity contribution is 0.432. The number of H-pyrrole nitrogens is 1. The number of rotatable bonds is 3. The molecule has 0 spiro atoms. The van der Waals surface area contributed by atoms with Crippen LogP contribution in [0.3, 0.4) is 0 Å². The lowest BCUT2D eigenvalue weighted by Gasteiger charge is -2.11. The molecule has 0 bridgehead atoms. The number of aliphatic imine (C=N–C) groups is 1. The quantitative estimate of drug-likeness (QED) is 0.555. The van der Waals surface area contributed by atoms with Gasteiger partial charge in [-0.2, -0.15) is 0 Å². The number of benzene rings is 2. The predicted octanol–water partition coefficient (Wildman–Crippen LogP) is 3.80. The van der Waals surface area contributed by atoms with Crippen LogP contribution in [0.1, 0.15) is 11.1 Å². The minimum absolute atomic E-state index is 0.00199. The Bertz CT molecular complexity index is 1070. The molecule has 0 radical (unpaired) electrons. The number of halogens is 1. The maximum absolute atomic E-state index is 13.1. The number of aryl methyl sites for hydroxylation is 1. The predicted molar refractivity (Wildman–Crippen MR) is 97.3 cm³/mol. The van der Waals surface area contributed by atoms with Gasteiger partial charge in [0, 0.05) is 6.21 Å². The zero-order valence-corrected chi connectivity index (χ0v) is 14.0. The van der Waals surface area contributed by atoms with E-state index in [0.29, 0.717) is 11.4 Å². The van der Waals surface area contributed by atoms with E-state index < -0.39 is 11.4 Å². The van der Waals surface area contributed by atoms with E-state index in [0.717, 1.165) is 5.56 Å². The summed E-state index contributed by atoms with van der Waals surface area (Å²) in [6, 6.07) is 12.8. The lowest BCUT2D eigenvalue weighted by atomic mass is 10.2. The lowest BCUT2D eigenvalue weighted by Crippen LogP contribution is -2.18. The van der Waals surface area contributed by atoms with E-state index >= 15 is 0 Å². The Morgan fingerprint density at radius 2 is 1.88 bits per heavy atom. The molecule has 0 saturated carbocycles. The molecule has 7 heteroatoms. The van der Waals surface area contributed by atoms with Crippen LogP contribution in [-0.2, 0) is 0 Å². The van der Waals surface area contributed by atoms with Crippen LogP contribution in [0.25, 0.3) is 5.69 Å². The summed E-state index contributed by atoms with van der Waals surface area (Å²) >= 11 is 5.11. The molecule has 0 aliphatic carbocycles. The highest BCUT2D eigenvalue weighted by atomic mass is 32.1. The van der Waals surface area contributed by atoms with Crippen molar-refractivity contribution in [3.63, 3.8) is 0 Å². The number of nitrogens with zero attached hydrogens (tertiary/aromatic N) is 2. The summed E-state index contributed by atoms with van der Waals surface area (Å²) in [6.07, 6.45) is 1.28. The third kappa shape index (κ3) is 3.41. The molecule has 25 heavy (non-hydrogen) atoms. The Balaban J connectivity index is 2.14. The topological polar surface area (TPSA) is 70.4 Å². The third-order valence-corrected chi connectivity index (χ3v) is 3.94. The molecule has 0 aliphatic heterocycles. The monoisotopic (exact) mass is 355 g/mol. The molecule has 1 heterocycles. The molecule has 0 saturated heterocycles. The molecular weight excluding hydrogens is 341 g/mol. The molecule has 5 nitrogen and oxygen atoms in total. The van der Waals surface area contributed by atoms with Crippen LogP contribution in [0.4, 0.5) is 10.1 Å². The smallest absolute Gasteiger partial charge is 0.264 e. The first kappa shape index (κ1) is 16.8. The van der Waals surface area contributed by atoms with Gasteiger partial charge in [-0.25, -0.2) is 4.39 Å². The first-order chi connectivity index (χ1) is 12.0. The van der Waals surface area contributed by atoms with Crippen LogP contribution in [0.15, 0.2) is 58.3 Å². The third-order valence-electron chi connectivity index (χ3n) is 3.65. The summed E-state index contributed by atoms with van der Waals surface area (Å²) in [5, 5.41) is 10.5. The molecule has 0 atom stereocenters. The number of hydrogen-bond acceptors (Lipinski definition) is 4. The Morgan fingerprint density at radius 3 is 2.56 bits per heavy atom. The van der Waals surface area contributed by atoms with Crippen LogP contribution in [0.2, 0.25) is 0 Å². The van der Waals surface area contributed by atoms with Crippen molar-refractivity contribution in [1.29, 1.82) is 0 Å². The van der Waals surface area contributed by atoms with Gasteiger partial charge in [0.25, 0.3) is 5.56 Å². The summed E-state index contributed by atoms with van der Waals surface area (Å²) in [5.74, 6) is -0.779. The highest BCUT2D eigenvalue weighted by molar-refractivity contribution is 7.71. The van der Waals surface area contributed by atoms with E-state index in [9.17, 15) is 14.3 Å². The van der Waals surface area contributed by atoms with Gasteiger partial charge < -0.3 is 5.11 Å². The molecule has 126 valence electrons. The summed E-state index contributed by atoms with van der Waals surface area (Å²) in [4.78, 5) is 18.9. The van der Waals surface area contributed by atoms with Crippen LogP contribution < -0.4 is 5.56 Å². The fourth-order valence-corrected chi connectivity index (χ4v) is 2.61. The van der Waals surface area contributed by atoms with Crippen molar-refractivity contribution in [2.75, 3.05) is 0 Å². The highest BCUT2D eigenvalue weighted by Crippen LogP contribution is 2.21. The number of nitrogens with one attached hydrogen (secondary N) is 1. The molecule has 0 aliphatic rings.